The second-order valence-electron chi connectivity index (χ2n) is 8.25. The van der Waals surface area contributed by atoms with Gasteiger partial charge in [-0.25, -0.2) is 4.79 Å². The highest BCUT2D eigenvalue weighted by atomic mass is 16.2. The standard InChI is InChI=1S/C17H30N4O3/c1-11-6-16(3,4)10-17(7-11)14(23)21(15(24)20-17)9-13(22)19-8-12(2)18-5/h11-12,18H,6-10H2,1-5H3,(H,19,22)(H,20,24). The van der Waals surface area contributed by atoms with E-state index < -0.39 is 11.6 Å². The molecule has 0 radical (unpaired) electrons. The molecule has 0 aromatic rings. The normalized spacial score (nSPS) is 30.4. The lowest BCUT2D eigenvalue weighted by Crippen LogP contribution is -2.54. The molecule has 1 aliphatic carbocycles. The third-order valence-corrected chi connectivity index (χ3v) is 5.02. The fraction of sp³-hybridized carbons (Fsp3) is 0.824. The quantitative estimate of drug-likeness (QED) is 0.648. The van der Waals surface area contributed by atoms with Crippen molar-refractivity contribution in [1.82, 2.24) is 20.9 Å². The molecule has 3 N–H and O–H groups in total. The fourth-order valence-corrected chi connectivity index (χ4v) is 4.22. The summed E-state index contributed by atoms with van der Waals surface area (Å²) < 4.78 is 0. The second kappa shape index (κ2) is 6.70. The second-order valence-corrected chi connectivity index (χ2v) is 8.25. The van der Waals surface area contributed by atoms with E-state index in [0.29, 0.717) is 25.3 Å². The molecule has 4 amide bonds. The highest BCUT2D eigenvalue weighted by Crippen LogP contribution is 2.46. The predicted molar refractivity (Wildman–Crippen MR) is 91.3 cm³/mol. The van der Waals surface area contributed by atoms with Crippen molar-refractivity contribution in [2.75, 3.05) is 20.1 Å². The number of nitrogens with zero attached hydrogens (tertiary/aromatic N) is 1. The van der Waals surface area contributed by atoms with Gasteiger partial charge in [-0.05, 0) is 44.6 Å². The molecule has 3 unspecified atom stereocenters. The highest BCUT2D eigenvalue weighted by Gasteiger charge is 2.56. The van der Waals surface area contributed by atoms with Crippen LogP contribution in [0.5, 0.6) is 0 Å². The molecule has 2 aliphatic rings. The van der Waals surface area contributed by atoms with Crippen molar-refractivity contribution in [3.8, 4) is 0 Å². The Labute approximate surface area is 143 Å². The van der Waals surface area contributed by atoms with Crippen LogP contribution in [0.4, 0.5) is 4.79 Å². The van der Waals surface area contributed by atoms with Crippen LogP contribution in [0.3, 0.4) is 0 Å². The summed E-state index contributed by atoms with van der Waals surface area (Å²) in [6.45, 7) is 8.52. The Kier molecular flexibility index (Phi) is 5.22. The van der Waals surface area contributed by atoms with Crippen molar-refractivity contribution in [2.24, 2.45) is 11.3 Å². The minimum atomic E-state index is -0.850. The van der Waals surface area contributed by atoms with Gasteiger partial charge in [-0.2, -0.15) is 0 Å². The first-order valence-electron chi connectivity index (χ1n) is 8.67. The number of hydrogen-bond donors (Lipinski definition) is 3. The van der Waals surface area contributed by atoms with Crippen LogP contribution in [-0.4, -0.2) is 54.5 Å². The number of carbonyl (C=O) groups is 3. The first-order valence-corrected chi connectivity index (χ1v) is 8.67. The summed E-state index contributed by atoms with van der Waals surface area (Å²) in [4.78, 5) is 38.3. The monoisotopic (exact) mass is 338 g/mol. The van der Waals surface area contributed by atoms with Crippen LogP contribution in [0.1, 0.15) is 47.0 Å². The molecule has 7 nitrogen and oxygen atoms in total. The van der Waals surface area contributed by atoms with Crippen LogP contribution in [-0.2, 0) is 9.59 Å². The van der Waals surface area contributed by atoms with Crippen molar-refractivity contribution in [3.63, 3.8) is 0 Å². The lowest BCUT2D eigenvalue weighted by Gasteiger charge is -2.43. The van der Waals surface area contributed by atoms with Gasteiger partial charge in [0.15, 0.2) is 0 Å². The molecular formula is C17H30N4O3. The van der Waals surface area contributed by atoms with E-state index in [2.05, 4.69) is 36.7 Å². The summed E-state index contributed by atoms with van der Waals surface area (Å²) in [6.07, 6.45) is 2.28. The number of urea groups is 1. The number of amides is 4. The molecule has 2 rings (SSSR count). The summed E-state index contributed by atoms with van der Waals surface area (Å²) in [5.41, 5.74) is -0.863. The van der Waals surface area contributed by atoms with Gasteiger partial charge in [-0.3, -0.25) is 14.5 Å². The van der Waals surface area contributed by atoms with Crippen LogP contribution >= 0.6 is 0 Å². The first kappa shape index (κ1) is 18.7. The summed E-state index contributed by atoms with van der Waals surface area (Å²) in [5, 5.41) is 8.64. The third kappa shape index (κ3) is 3.88. The van der Waals surface area contributed by atoms with Gasteiger partial charge in [-0.15, -0.1) is 0 Å². The van der Waals surface area contributed by atoms with E-state index in [1.54, 1.807) is 0 Å². The topological polar surface area (TPSA) is 90.5 Å². The van der Waals surface area contributed by atoms with Gasteiger partial charge in [0, 0.05) is 12.6 Å². The predicted octanol–water partition coefficient (Wildman–Crippen LogP) is 0.847. The summed E-state index contributed by atoms with van der Waals surface area (Å²) >= 11 is 0. The molecule has 136 valence electrons. The highest BCUT2D eigenvalue weighted by molar-refractivity contribution is 6.09. The summed E-state index contributed by atoms with van der Waals surface area (Å²) in [6, 6.07) is -0.329. The fourth-order valence-electron chi connectivity index (χ4n) is 4.22. The Hall–Kier alpha value is -1.63. The first-order chi connectivity index (χ1) is 11.1. The maximum absolute atomic E-state index is 12.9. The van der Waals surface area contributed by atoms with Crippen molar-refractivity contribution in [2.45, 2.75) is 58.5 Å². The van der Waals surface area contributed by atoms with E-state index in [1.807, 2.05) is 14.0 Å². The number of hydrogen-bond acceptors (Lipinski definition) is 4. The van der Waals surface area contributed by atoms with E-state index in [1.165, 1.54) is 0 Å². The van der Waals surface area contributed by atoms with Gasteiger partial charge in [0.1, 0.15) is 12.1 Å². The smallest absolute Gasteiger partial charge is 0.325 e. The molecule has 1 spiro atoms. The number of imide groups is 1. The Balaban J connectivity index is 2.05. The molecule has 1 heterocycles. The van der Waals surface area contributed by atoms with Crippen LogP contribution in [0.25, 0.3) is 0 Å². The third-order valence-electron chi connectivity index (χ3n) is 5.02. The van der Waals surface area contributed by atoms with Crippen LogP contribution < -0.4 is 16.0 Å². The summed E-state index contributed by atoms with van der Waals surface area (Å²) in [5.74, 6) is -0.229. The van der Waals surface area contributed by atoms with Gasteiger partial charge in [0.2, 0.25) is 5.91 Å². The van der Waals surface area contributed by atoms with Crippen LogP contribution in [0, 0.1) is 11.3 Å². The van der Waals surface area contributed by atoms with E-state index in [4.69, 9.17) is 0 Å². The molecular weight excluding hydrogens is 308 g/mol. The molecule has 0 aromatic carbocycles. The number of rotatable bonds is 5. The largest absolute Gasteiger partial charge is 0.353 e. The van der Waals surface area contributed by atoms with Crippen molar-refractivity contribution in [1.29, 1.82) is 0 Å². The molecule has 0 bridgehead atoms. The zero-order chi connectivity index (χ0) is 18.1. The average Bonchev–Trinajstić information content (AvgIpc) is 2.66. The number of nitrogens with one attached hydrogen (secondary N) is 3. The molecule has 2 fully saturated rings. The van der Waals surface area contributed by atoms with E-state index >= 15 is 0 Å². The zero-order valence-corrected chi connectivity index (χ0v) is 15.4. The van der Waals surface area contributed by atoms with Gasteiger partial charge in [0.05, 0.1) is 0 Å². The van der Waals surface area contributed by atoms with Crippen LogP contribution in [0.15, 0.2) is 0 Å². The SMILES string of the molecule is CNC(C)CNC(=O)CN1C(=O)NC2(CC(C)CC(C)(C)C2)C1=O. The zero-order valence-electron chi connectivity index (χ0n) is 15.4. The maximum Gasteiger partial charge on any atom is 0.325 e. The maximum atomic E-state index is 12.9. The van der Waals surface area contributed by atoms with Gasteiger partial charge < -0.3 is 16.0 Å². The van der Waals surface area contributed by atoms with Crippen molar-refractivity contribution < 1.29 is 14.4 Å². The van der Waals surface area contributed by atoms with Gasteiger partial charge in [0.25, 0.3) is 5.91 Å². The molecule has 7 heteroatoms. The van der Waals surface area contributed by atoms with Crippen molar-refractivity contribution in [3.05, 3.63) is 0 Å². The lowest BCUT2D eigenvalue weighted by molar-refractivity contribution is -0.137. The van der Waals surface area contributed by atoms with E-state index in [0.717, 1.165) is 11.3 Å². The van der Waals surface area contributed by atoms with E-state index in [9.17, 15) is 14.4 Å². The Bertz CT molecular complexity index is 534. The Morgan fingerprint density at radius 3 is 2.62 bits per heavy atom. The molecule has 3 atom stereocenters. The minimum Gasteiger partial charge on any atom is -0.353 e. The molecule has 1 saturated carbocycles. The average molecular weight is 338 g/mol. The minimum absolute atomic E-state index is 0.0128. The van der Waals surface area contributed by atoms with E-state index in [-0.39, 0.29) is 29.8 Å². The molecule has 24 heavy (non-hydrogen) atoms. The van der Waals surface area contributed by atoms with Crippen molar-refractivity contribution >= 4 is 17.8 Å². The number of likely N-dealkylation sites (N-methyl/N-ethyl adjacent to an activating group) is 1. The Morgan fingerprint density at radius 1 is 1.38 bits per heavy atom. The summed E-state index contributed by atoms with van der Waals surface area (Å²) in [7, 11) is 1.81. The number of carbonyl (C=O) groups excluding carboxylic acids is 3. The van der Waals surface area contributed by atoms with Crippen LogP contribution in [0.2, 0.25) is 0 Å². The lowest BCUT2D eigenvalue weighted by atomic mass is 9.64. The van der Waals surface area contributed by atoms with Gasteiger partial charge in [-0.1, -0.05) is 20.8 Å². The molecule has 1 saturated heterocycles. The Morgan fingerprint density at radius 2 is 2.04 bits per heavy atom. The van der Waals surface area contributed by atoms with Gasteiger partial charge >= 0.3 is 6.03 Å². The molecule has 1 aliphatic heterocycles. The molecule has 0 aromatic heterocycles.